The van der Waals surface area contributed by atoms with Crippen LogP contribution in [-0.4, -0.2) is 44.1 Å². The Balaban J connectivity index is 1.52. The minimum Gasteiger partial charge on any atom is -0.486 e. The number of benzene rings is 1. The first-order valence-electron chi connectivity index (χ1n) is 8.32. The van der Waals surface area contributed by atoms with Crippen molar-refractivity contribution in [3.05, 3.63) is 35.7 Å². The molecule has 1 aromatic carbocycles. The molecule has 1 aromatic heterocycles. The highest BCUT2D eigenvalue weighted by atomic mass is 16.5. The molecule has 2 aromatic rings. The number of rotatable bonds is 5. The van der Waals surface area contributed by atoms with Gasteiger partial charge >= 0.3 is 0 Å². The maximum atomic E-state index is 12.4. The SMILES string of the molecule is C[C@H]1CCCN(C(=O)Cc2ccc(OCc3nnnn3C)cc2)C1. The fourth-order valence-electron chi connectivity index (χ4n) is 2.92. The number of piperidine rings is 1. The van der Waals surface area contributed by atoms with Crippen LogP contribution in [0.25, 0.3) is 0 Å². The quantitative estimate of drug-likeness (QED) is 0.833. The van der Waals surface area contributed by atoms with Gasteiger partial charge in [-0.25, -0.2) is 4.68 Å². The number of amides is 1. The Hall–Kier alpha value is -2.44. The molecule has 0 radical (unpaired) electrons. The van der Waals surface area contributed by atoms with Crippen LogP contribution in [0.3, 0.4) is 0 Å². The number of hydrogen-bond acceptors (Lipinski definition) is 5. The van der Waals surface area contributed by atoms with Crippen LogP contribution in [0.1, 0.15) is 31.2 Å². The van der Waals surface area contributed by atoms with Crippen LogP contribution in [0.4, 0.5) is 0 Å². The van der Waals surface area contributed by atoms with Gasteiger partial charge in [-0.2, -0.15) is 0 Å². The third-order valence-electron chi connectivity index (χ3n) is 4.36. The van der Waals surface area contributed by atoms with E-state index >= 15 is 0 Å². The highest BCUT2D eigenvalue weighted by molar-refractivity contribution is 5.78. The third-order valence-corrected chi connectivity index (χ3v) is 4.36. The van der Waals surface area contributed by atoms with E-state index in [1.165, 1.54) is 6.42 Å². The minimum absolute atomic E-state index is 0.209. The molecule has 24 heavy (non-hydrogen) atoms. The lowest BCUT2D eigenvalue weighted by atomic mass is 9.99. The topological polar surface area (TPSA) is 73.1 Å². The normalized spacial score (nSPS) is 17.8. The molecule has 1 aliphatic rings. The van der Waals surface area contributed by atoms with E-state index in [4.69, 9.17) is 4.74 Å². The molecule has 7 nitrogen and oxygen atoms in total. The molecule has 0 bridgehead atoms. The van der Waals surface area contributed by atoms with Gasteiger partial charge in [0.2, 0.25) is 5.91 Å². The highest BCUT2D eigenvalue weighted by Crippen LogP contribution is 2.18. The van der Waals surface area contributed by atoms with E-state index in [9.17, 15) is 4.79 Å². The lowest BCUT2D eigenvalue weighted by Gasteiger charge is -2.31. The van der Waals surface area contributed by atoms with E-state index < -0.39 is 0 Å². The number of likely N-dealkylation sites (tertiary alicyclic amines) is 1. The summed E-state index contributed by atoms with van der Waals surface area (Å²) in [6, 6.07) is 7.64. The second-order valence-corrected chi connectivity index (χ2v) is 6.42. The van der Waals surface area contributed by atoms with Gasteiger partial charge in [0, 0.05) is 20.1 Å². The molecule has 1 fully saturated rings. The molecule has 0 N–H and O–H groups in total. The van der Waals surface area contributed by atoms with Gasteiger partial charge in [-0.15, -0.1) is 5.10 Å². The maximum Gasteiger partial charge on any atom is 0.226 e. The Morgan fingerprint density at radius 2 is 2.12 bits per heavy atom. The number of nitrogens with zero attached hydrogens (tertiary/aromatic N) is 5. The number of tetrazole rings is 1. The van der Waals surface area contributed by atoms with E-state index in [0.717, 1.165) is 30.8 Å². The van der Waals surface area contributed by atoms with Gasteiger partial charge in [0.25, 0.3) is 0 Å². The number of aryl methyl sites for hydroxylation is 1. The summed E-state index contributed by atoms with van der Waals surface area (Å²) in [5, 5.41) is 11.2. The van der Waals surface area contributed by atoms with Gasteiger partial charge in [0.1, 0.15) is 12.4 Å². The maximum absolute atomic E-state index is 12.4. The van der Waals surface area contributed by atoms with E-state index in [2.05, 4.69) is 22.4 Å². The summed E-state index contributed by atoms with van der Waals surface area (Å²) in [6.45, 7) is 4.29. The van der Waals surface area contributed by atoms with Crippen LogP contribution >= 0.6 is 0 Å². The Morgan fingerprint density at radius 3 is 2.79 bits per heavy atom. The molecule has 3 rings (SSSR count). The summed E-state index contributed by atoms with van der Waals surface area (Å²) in [5.41, 5.74) is 1.01. The third kappa shape index (κ3) is 4.10. The zero-order valence-electron chi connectivity index (χ0n) is 14.2. The van der Waals surface area contributed by atoms with E-state index in [1.54, 1.807) is 11.7 Å². The lowest BCUT2D eigenvalue weighted by molar-refractivity contribution is -0.132. The first-order valence-corrected chi connectivity index (χ1v) is 8.32. The summed E-state index contributed by atoms with van der Waals surface area (Å²) in [4.78, 5) is 14.4. The first kappa shape index (κ1) is 16.4. The Morgan fingerprint density at radius 1 is 1.33 bits per heavy atom. The number of carbonyl (C=O) groups is 1. The number of ether oxygens (including phenoxy) is 1. The summed E-state index contributed by atoms with van der Waals surface area (Å²) >= 11 is 0. The van der Waals surface area contributed by atoms with Gasteiger partial charge in [-0.3, -0.25) is 4.79 Å². The largest absolute Gasteiger partial charge is 0.486 e. The lowest BCUT2D eigenvalue weighted by Crippen LogP contribution is -2.39. The molecule has 128 valence electrons. The second kappa shape index (κ2) is 7.42. The highest BCUT2D eigenvalue weighted by Gasteiger charge is 2.20. The van der Waals surface area contributed by atoms with Gasteiger partial charge < -0.3 is 9.64 Å². The predicted molar refractivity (Wildman–Crippen MR) is 88.3 cm³/mol. The van der Waals surface area contributed by atoms with Crippen LogP contribution in [0.5, 0.6) is 5.75 Å². The van der Waals surface area contributed by atoms with Crippen molar-refractivity contribution >= 4 is 5.91 Å². The van der Waals surface area contributed by atoms with Crippen LogP contribution < -0.4 is 4.74 Å². The Labute approximate surface area is 141 Å². The van der Waals surface area contributed by atoms with Crippen molar-refractivity contribution in [3.63, 3.8) is 0 Å². The van der Waals surface area contributed by atoms with Crippen LogP contribution in [0, 0.1) is 5.92 Å². The van der Waals surface area contributed by atoms with Crippen molar-refractivity contribution in [3.8, 4) is 5.75 Å². The molecular formula is C17H23N5O2. The van der Waals surface area contributed by atoms with Gasteiger partial charge in [0.15, 0.2) is 5.82 Å². The van der Waals surface area contributed by atoms with E-state index in [0.29, 0.717) is 24.8 Å². The number of carbonyl (C=O) groups excluding carboxylic acids is 1. The van der Waals surface area contributed by atoms with Crippen LogP contribution in [0.2, 0.25) is 0 Å². The number of aromatic nitrogens is 4. The average Bonchev–Trinajstić information content (AvgIpc) is 2.99. The molecule has 1 amide bonds. The van der Waals surface area contributed by atoms with Gasteiger partial charge in [-0.05, 0) is 46.9 Å². The number of hydrogen-bond donors (Lipinski definition) is 0. The fraction of sp³-hybridized carbons (Fsp3) is 0.529. The molecular weight excluding hydrogens is 306 g/mol. The molecule has 7 heteroatoms. The molecule has 0 unspecified atom stereocenters. The molecule has 1 saturated heterocycles. The monoisotopic (exact) mass is 329 g/mol. The van der Waals surface area contributed by atoms with E-state index in [1.807, 2.05) is 29.2 Å². The van der Waals surface area contributed by atoms with Crippen molar-refractivity contribution in [2.45, 2.75) is 32.8 Å². The molecule has 2 heterocycles. The second-order valence-electron chi connectivity index (χ2n) is 6.42. The van der Waals surface area contributed by atoms with Crippen LogP contribution in [-0.2, 0) is 24.9 Å². The van der Waals surface area contributed by atoms with Gasteiger partial charge in [0.05, 0.1) is 6.42 Å². The smallest absolute Gasteiger partial charge is 0.226 e. The van der Waals surface area contributed by atoms with Crippen molar-refractivity contribution in [2.24, 2.45) is 13.0 Å². The molecule has 0 spiro atoms. The van der Waals surface area contributed by atoms with Crippen molar-refractivity contribution in [1.82, 2.24) is 25.1 Å². The standard InChI is InChI=1S/C17H23N5O2/c1-13-4-3-9-22(11-13)17(23)10-14-5-7-15(8-6-14)24-12-16-18-19-20-21(16)2/h5-8,13H,3-4,9-12H2,1-2H3/t13-/m0/s1. The van der Waals surface area contributed by atoms with Gasteiger partial charge in [-0.1, -0.05) is 19.1 Å². The summed E-state index contributed by atoms with van der Waals surface area (Å²) in [6.07, 6.45) is 2.77. The Bertz CT molecular complexity index is 683. The predicted octanol–water partition coefficient (Wildman–Crippen LogP) is 1.59. The van der Waals surface area contributed by atoms with Crippen molar-refractivity contribution < 1.29 is 9.53 Å². The Kier molecular flexibility index (Phi) is 5.08. The van der Waals surface area contributed by atoms with Crippen molar-refractivity contribution in [1.29, 1.82) is 0 Å². The van der Waals surface area contributed by atoms with Crippen LogP contribution in [0.15, 0.2) is 24.3 Å². The molecule has 0 aliphatic carbocycles. The summed E-state index contributed by atoms with van der Waals surface area (Å²) < 4.78 is 7.24. The molecule has 1 atom stereocenters. The summed E-state index contributed by atoms with van der Waals surface area (Å²) in [7, 11) is 1.77. The first-order chi connectivity index (χ1) is 11.6. The fourth-order valence-corrected chi connectivity index (χ4v) is 2.92. The minimum atomic E-state index is 0.209. The zero-order valence-corrected chi connectivity index (χ0v) is 14.2. The average molecular weight is 329 g/mol. The molecule has 1 aliphatic heterocycles. The van der Waals surface area contributed by atoms with E-state index in [-0.39, 0.29) is 5.91 Å². The zero-order chi connectivity index (χ0) is 16.9. The molecule has 0 saturated carbocycles. The summed E-state index contributed by atoms with van der Waals surface area (Å²) in [5.74, 6) is 2.21. The van der Waals surface area contributed by atoms with Crippen molar-refractivity contribution in [2.75, 3.05) is 13.1 Å².